The second-order valence-corrected chi connectivity index (χ2v) is 5.53. The molecule has 0 aromatic rings. The summed E-state index contributed by atoms with van der Waals surface area (Å²) < 4.78 is 0. The molecule has 4 nitrogen and oxygen atoms in total. The number of rotatable bonds is 6. The summed E-state index contributed by atoms with van der Waals surface area (Å²) in [6.45, 7) is 3.23. The van der Waals surface area contributed by atoms with Gasteiger partial charge in [-0.05, 0) is 31.4 Å². The minimum Gasteiger partial charge on any atom is -0.393 e. The molecule has 1 aliphatic heterocycles. The first-order chi connectivity index (χ1) is 7.72. The molecule has 5 heteroatoms. The lowest BCUT2D eigenvalue weighted by Crippen LogP contribution is -2.39. The number of carbonyl (C=O) groups excluding carboxylic acids is 1. The molecule has 1 heterocycles. The maximum absolute atomic E-state index is 11.4. The van der Waals surface area contributed by atoms with E-state index in [1.54, 1.807) is 0 Å². The molecule has 0 bridgehead atoms. The molecule has 0 spiro atoms. The monoisotopic (exact) mass is 246 g/mol. The second kappa shape index (κ2) is 7.79. The molecule has 94 valence electrons. The first kappa shape index (κ1) is 13.6. The fourth-order valence-corrected chi connectivity index (χ4v) is 2.83. The van der Waals surface area contributed by atoms with E-state index < -0.39 is 0 Å². The number of amides is 2. The standard InChI is InChI=1S/C11H22N2O2S/c1-2-9(14)5-6-12-11(15)13-8-10-4-3-7-16-10/h9-10,14H,2-8H2,1H3,(H2,12,13,15). The fraction of sp³-hybridized carbons (Fsp3) is 0.909. The van der Waals surface area contributed by atoms with Crippen molar-refractivity contribution < 1.29 is 9.90 Å². The fourth-order valence-electron chi connectivity index (χ4n) is 1.63. The van der Waals surface area contributed by atoms with Crippen molar-refractivity contribution >= 4 is 17.8 Å². The third-order valence-electron chi connectivity index (χ3n) is 2.75. The van der Waals surface area contributed by atoms with Crippen molar-refractivity contribution in [1.29, 1.82) is 0 Å². The third kappa shape index (κ3) is 5.61. The van der Waals surface area contributed by atoms with E-state index >= 15 is 0 Å². The second-order valence-electron chi connectivity index (χ2n) is 4.12. The van der Waals surface area contributed by atoms with E-state index in [-0.39, 0.29) is 12.1 Å². The lowest BCUT2D eigenvalue weighted by atomic mass is 10.2. The van der Waals surface area contributed by atoms with Crippen LogP contribution in [0.5, 0.6) is 0 Å². The first-order valence-corrected chi connectivity index (χ1v) is 7.08. The molecule has 1 aliphatic rings. The highest BCUT2D eigenvalue weighted by molar-refractivity contribution is 8.00. The Morgan fingerprint density at radius 3 is 3.00 bits per heavy atom. The Labute approximate surface area is 102 Å². The van der Waals surface area contributed by atoms with E-state index in [1.165, 1.54) is 18.6 Å². The van der Waals surface area contributed by atoms with E-state index in [0.29, 0.717) is 18.2 Å². The molecule has 1 rings (SSSR count). The van der Waals surface area contributed by atoms with Crippen molar-refractivity contribution in [3.05, 3.63) is 0 Å². The van der Waals surface area contributed by atoms with Gasteiger partial charge in [-0.2, -0.15) is 11.8 Å². The molecule has 0 radical (unpaired) electrons. The predicted molar refractivity (Wildman–Crippen MR) is 67.8 cm³/mol. The molecule has 2 amide bonds. The molecule has 0 aromatic carbocycles. The maximum Gasteiger partial charge on any atom is 0.314 e. The van der Waals surface area contributed by atoms with Crippen LogP contribution in [0.15, 0.2) is 0 Å². The van der Waals surface area contributed by atoms with Gasteiger partial charge in [0.15, 0.2) is 0 Å². The number of thioether (sulfide) groups is 1. The van der Waals surface area contributed by atoms with Crippen LogP contribution in [0.1, 0.15) is 32.6 Å². The zero-order chi connectivity index (χ0) is 11.8. The molecule has 0 aliphatic carbocycles. The van der Waals surface area contributed by atoms with Crippen LogP contribution in [0, 0.1) is 0 Å². The van der Waals surface area contributed by atoms with Crippen molar-refractivity contribution in [2.24, 2.45) is 0 Å². The van der Waals surface area contributed by atoms with Gasteiger partial charge in [0.05, 0.1) is 6.10 Å². The summed E-state index contributed by atoms with van der Waals surface area (Å²) >= 11 is 1.93. The summed E-state index contributed by atoms with van der Waals surface area (Å²) in [6, 6.07) is -0.115. The van der Waals surface area contributed by atoms with Crippen LogP contribution in [0.25, 0.3) is 0 Å². The van der Waals surface area contributed by atoms with Crippen LogP contribution < -0.4 is 10.6 Å². The molecule has 0 saturated carbocycles. The Kier molecular flexibility index (Phi) is 6.64. The number of hydrogen-bond acceptors (Lipinski definition) is 3. The number of aliphatic hydroxyl groups excluding tert-OH is 1. The van der Waals surface area contributed by atoms with Gasteiger partial charge < -0.3 is 15.7 Å². The SMILES string of the molecule is CCC(O)CCNC(=O)NCC1CCCS1. The van der Waals surface area contributed by atoms with Gasteiger partial charge in [0.1, 0.15) is 0 Å². The van der Waals surface area contributed by atoms with Crippen LogP contribution in [0.4, 0.5) is 4.79 Å². The molecular weight excluding hydrogens is 224 g/mol. The van der Waals surface area contributed by atoms with Crippen LogP contribution in [-0.2, 0) is 0 Å². The summed E-state index contributed by atoms with van der Waals surface area (Å²) in [4.78, 5) is 11.4. The quantitative estimate of drug-likeness (QED) is 0.663. The first-order valence-electron chi connectivity index (χ1n) is 6.03. The highest BCUT2D eigenvalue weighted by Crippen LogP contribution is 2.25. The topological polar surface area (TPSA) is 61.4 Å². The molecular formula is C11H22N2O2S. The molecule has 1 fully saturated rings. The van der Waals surface area contributed by atoms with Gasteiger partial charge in [0.25, 0.3) is 0 Å². The average molecular weight is 246 g/mol. The Morgan fingerprint density at radius 2 is 2.38 bits per heavy atom. The normalized spacial score (nSPS) is 21.8. The Balaban J connectivity index is 1.97. The molecule has 2 unspecified atom stereocenters. The summed E-state index contributed by atoms with van der Waals surface area (Å²) in [5, 5.41) is 15.5. The number of carbonyl (C=O) groups is 1. The van der Waals surface area contributed by atoms with Gasteiger partial charge in [-0.1, -0.05) is 6.92 Å². The van der Waals surface area contributed by atoms with E-state index in [9.17, 15) is 9.90 Å². The number of urea groups is 1. The molecule has 0 aromatic heterocycles. The Hall–Kier alpha value is -0.420. The maximum atomic E-state index is 11.4. The van der Waals surface area contributed by atoms with Gasteiger partial charge in [0.2, 0.25) is 0 Å². The minimum absolute atomic E-state index is 0.115. The third-order valence-corrected chi connectivity index (χ3v) is 4.15. The Bertz CT molecular complexity index is 208. The number of nitrogens with one attached hydrogen (secondary N) is 2. The van der Waals surface area contributed by atoms with Gasteiger partial charge in [0, 0.05) is 18.3 Å². The van der Waals surface area contributed by atoms with E-state index in [0.717, 1.165) is 13.0 Å². The number of aliphatic hydroxyl groups is 1. The van der Waals surface area contributed by atoms with Crippen molar-refractivity contribution in [1.82, 2.24) is 10.6 Å². The zero-order valence-corrected chi connectivity index (χ0v) is 10.7. The average Bonchev–Trinajstić information content (AvgIpc) is 2.79. The molecule has 3 N–H and O–H groups in total. The van der Waals surface area contributed by atoms with Crippen molar-refractivity contribution in [3.63, 3.8) is 0 Å². The van der Waals surface area contributed by atoms with Crippen LogP contribution >= 0.6 is 11.8 Å². The van der Waals surface area contributed by atoms with Gasteiger partial charge in [-0.25, -0.2) is 4.79 Å². The summed E-state index contributed by atoms with van der Waals surface area (Å²) in [6.07, 6.45) is 3.54. The van der Waals surface area contributed by atoms with Crippen LogP contribution in [0.2, 0.25) is 0 Å². The highest BCUT2D eigenvalue weighted by atomic mass is 32.2. The lowest BCUT2D eigenvalue weighted by Gasteiger charge is -2.12. The lowest BCUT2D eigenvalue weighted by molar-refractivity contribution is 0.160. The van der Waals surface area contributed by atoms with Crippen LogP contribution in [-0.4, -0.2) is 41.3 Å². The smallest absolute Gasteiger partial charge is 0.314 e. The van der Waals surface area contributed by atoms with E-state index in [1.807, 2.05) is 18.7 Å². The van der Waals surface area contributed by atoms with Crippen molar-refractivity contribution in [3.8, 4) is 0 Å². The largest absolute Gasteiger partial charge is 0.393 e. The van der Waals surface area contributed by atoms with Gasteiger partial charge in [-0.15, -0.1) is 0 Å². The summed E-state index contributed by atoms with van der Waals surface area (Å²) in [5.41, 5.74) is 0. The van der Waals surface area contributed by atoms with Gasteiger partial charge in [-0.3, -0.25) is 0 Å². The zero-order valence-electron chi connectivity index (χ0n) is 9.87. The molecule has 16 heavy (non-hydrogen) atoms. The van der Waals surface area contributed by atoms with Crippen LogP contribution in [0.3, 0.4) is 0 Å². The van der Waals surface area contributed by atoms with Crippen molar-refractivity contribution in [2.45, 2.75) is 44.0 Å². The summed E-state index contributed by atoms with van der Waals surface area (Å²) in [7, 11) is 0. The molecule has 2 atom stereocenters. The van der Waals surface area contributed by atoms with Gasteiger partial charge >= 0.3 is 6.03 Å². The molecule has 1 saturated heterocycles. The highest BCUT2D eigenvalue weighted by Gasteiger charge is 2.15. The van der Waals surface area contributed by atoms with E-state index in [4.69, 9.17) is 0 Å². The predicted octanol–water partition coefficient (Wildman–Crippen LogP) is 1.34. The number of hydrogen-bond donors (Lipinski definition) is 3. The summed E-state index contributed by atoms with van der Waals surface area (Å²) in [5.74, 6) is 1.22. The Morgan fingerprint density at radius 1 is 1.56 bits per heavy atom. The van der Waals surface area contributed by atoms with E-state index in [2.05, 4.69) is 10.6 Å². The van der Waals surface area contributed by atoms with Crippen molar-refractivity contribution in [2.75, 3.05) is 18.8 Å². The minimum atomic E-state index is -0.300.